The number of nitrogens with two attached hydrogens (primary N) is 1. The van der Waals surface area contributed by atoms with E-state index in [2.05, 4.69) is 4.98 Å². The van der Waals surface area contributed by atoms with Crippen LogP contribution in [0.3, 0.4) is 0 Å². The fourth-order valence-corrected chi connectivity index (χ4v) is 6.10. The first kappa shape index (κ1) is 27.9. The van der Waals surface area contributed by atoms with E-state index in [1.54, 1.807) is 35.9 Å². The number of benzene rings is 2. The molecule has 0 radical (unpaired) electrons. The molecule has 1 aliphatic rings. The number of hydrogen-bond acceptors (Lipinski definition) is 7. The molecule has 0 saturated heterocycles. The molecule has 0 unspecified atom stereocenters. The molecule has 1 saturated carbocycles. The zero-order valence-electron chi connectivity index (χ0n) is 22.2. The van der Waals surface area contributed by atoms with Crippen molar-refractivity contribution in [1.29, 1.82) is 0 Å². The number of primary sulfonamides is 1. The second-order valence-corrected chi connectivity index (χ2v) is 12.6. The lowest BCUT2D eigenvalue weighted by Gasteiger charge is -2.10. The second kappa shape index (κ2) is 10.6. The summed E-state index contributed by atoms with van der Waals surface area (Å²) in [6.07, 6.45) is 2.59. The molecule has 3 aromatic heterocycles. The van der Waals surface area contributed by atoms with Crippen molar-refractivity contribution in [2.45, 2.75) is 37.5 Å². The molecular formula is C29H24F2N4O5S2. The third-order valence-corrected chi connectivity index (χ3v) is 8.85. The van der Waals surface area contributed by atoms with Crippen LogP contribution in [0.2, 0.25) is 0 Å². The van der Waals surface area contributed by atoms with E-state index in [4.69, 9.17) is 14.7 Å². The fraction of sp³-hybridized carbons (Fsp3) is 0.207. The average Bonchev–Trinajstić information content (AvgIpc) is 3.28. The molecule has 9 nitrogen and oxygen atoms in total. The average molecular weight is 611 g/mol. The number of aromatic carboxylic acids is 1. The molecule has 5 aromatic rings. The van der Waals surface area contributed by atoms with E-state index < -0.39 is 27.6 Å². The highest BCUT2D eigenvalue weighted by Gasteiger charge is 2.30. The number of carboxylic acids is 1. The number of rotatable bonds is 9. The number of carbonyl (C=O) groups is 1. The van der Waals surface area contributed by atoms with Crippen LogP contribution in [0.1, 0.15) is 45.9 Å². The number of halogens is 2. The van der Waals surface area contributed by atoms with E-state index in [0.717, 1.165) is 30.2 Å². The highest BCUT2D eigenvalue weighted by molar-refractivity contribution is 7.89. The number of aryl methyl sites for hydroxylation is 1. The van der Waals surface area contributed by atoms with E-state index in [1.807, 2.05) is 0 Å². The number of sulfonamides is 1. The topological polar surface area (TPSA) is 141 Å². The SMILES string of the molecule is Cc1ccc(-c2cc(-c3nn(-c4nc(C(=O)O)cs4)c(CC4CC4)c3Cc3ccc(S(N)(=O)=O)cc3F)ccc2F)o1. The van der Waals surface area contributed by atoms with Gasteiger partial charge in [-0.3, -0.25) is 0 Å². The normalized spacial score (nSPS) is 13.5. The molecule has 0 amide bonds. The van der Waals surface area contributed by atoms with Crippen LogP contribution in [0.5, 0.6) is 0 Å². The molecular weight excluding hydrogens is 586 g/mol. The molecule has 0 atom stereocenters. The fourth-order valence-electron chi connectivity index (χ4n) is 4.81. The van der Waals surface area contributed by atoms with E-state index in [1.165, 1.54) is 23.6 Å². The number of carboxylic acid groups (broad SMARTS) is 1. The van der Waals surface area contributed by atoms with Crippen LogP contribution in [-0.4, -0.2) is 34.3 Å². The summed E-state index contributed by atoms with van der Waals surface area (Å²) in [4.78, 5) is 15.5. The van der Waals surface area contributed by atoms with Crippen molar-refractivity contribution in [2.75, 3.05) is 0 Å². The van der Waals surface area contributed by atoms with Crippen LogP contribution in [0, 0.1) is 24.5 Å². The van der Waals surface area contributed by atoms with Gasteiger partial charge in [0.25, 0.3) is 0 Å². The largest absolute Gasteiger partial charge is 0.476 e. The molecule has 13 heteroatoms. The van der Waals surface area contributed by atoms with Gasteiger partial charge in [-0.15, -0.1) is 11.3 Å². The molecule has 42 heavy (non-hydrogen) atoms. The Labute approximate surface area is 243 Å². The van der Waals surface area contributed by atoms with Crippen LogP contribution in [-0.2, 0) is 22.9 Å². The number of nitrogens with zero attached hydrogens (tertiary/aromatic N) is 3. The molecule has 3 N–H and O–H groups in total. The molecule has 1 aliphatic carbocycles. The van der Waals surface area contributed by atoms with Crippen molar-refractivity contribution in [1.82, 2.24) is 14.8 Å². The van der Waals surface area contributed by atoms with Crippen molar-refractivity contribution in [3.05, 3.63) is 93.8 Å². The van der Waals surface area contributed by atoms with Gasteiger partial charge >= 0.3 is 5.97 Å². The monoisotopic (exact) mass is 610 g/mol. The summed E-state index contributed by atoms with van der Waals surface area (Å²) < 4.78 is 61.0. The van der Waals surface area contributed by atoms with Gasteiger partial charge in [0, 0.05) is 22.9 Å². The van der Waals surface area contributed by atoms with Gasteiger partial charge in [-0.1, -0.05) is 6.07 Å². The smallest absolute Gasteiger partial charge is 0.355 e. The lowest BCUT2D eigenvalue weighted by Crippen LogP contribution is -2.13. The predicted octanol–water partition coefficient (Wildman–Crippen LogP) is 5.73. The zero-order valence-corrected chi connectivity index (χ0v) is 23.8. The summed E-state index contributed by atoms with van der Waals surface area (Å²) in [5.41, 5.74) is 2.59. The molecule has 3 heterocycles. The van der Waals surface area contributed by atoms with E-state index in [9.17, 15) is 22.7 Å². The highest BCUT2D eigenvalue weighted by Crippen LogP contribution is 2.39. The van der Waals surface area contributed by atoms with Crippen LogP contribution in [0.15, 0.2) is 63.2 Å². The van der Waals surface area contributed by atoms with Crippen molar-refractivity contribution < 1.29 is 31.5 Å². The Bertz CT molecular complexity index is 1960. The third kappa shape index (κ3) is 5.50. The number of aromatic nitrogens is 3. The summed E-state index contributed by atoms with van der Waals surface area (Å²) in [6, 6.07) is 11.4. The van der Waals surface area contributed by atoms with Gasteiger partial charge in [-0.2, -0.15) is 5.10 Å². The minimum Gasteiger partial charge on any atom is -0.476 e. The van der Waals surface area contributed by atoms with Crippen molar-refractivity contribution in [3.63, 3.8) is 0 Å². The lowest BCUT2D eigenvalue weighted by atomic mass is 9.95. The Balaban J connectivity index is 1.55. The summed E-state index contributed by atoms with van der Waals surface area (Å²) >= 11 is 1.11. The molecule has 0 bridgehead atoms. The first-order valence-corrected chi connectivity index (χ1v) is 15.4. The molecule has 2 aromatic carbocycles. The Morgan fingerprint density at radius 2 is 1.93 bits per heavy atom. The molecule has 216 valence electrons. The highest BCUT2D eigenvalue weighted by atomic mass is 32.2. The van der Waals surface area contributed by atoms with Crippen molar-refractivity contribution >= 4 is 27.3 Å². The van der Waals surface area contributed by atoms with Gasteiger partial charge in [0.1, 0.15) is 23.2 Å². The van der Waals surface area contributed by atoms with Crippen molar-refractivity contribution in [3.8, 4) is 27.7 Å². The van der Waals surface area contributed by atoms with Crippen LogP contribution < -0.4 is 5.14 Å². The zero-order chi connectivity index (χ0) is 29.8. The van der Waals surface area contributed by atoms with Crippen LogP contribution >= 0.6 is 11.3 Å². The van der Waals surface area contributed by atoms with Gasteiger partial charge in [0.05, 0.1) is 21.8 Å². The Kier molecular flexibility index (Phi) is 7.03. The van der Waals surface area contributed by atoms with Gasteiger partial charge in [-0.05, 0) is 80.1 Å². The van der Waals surface area contributed by atoms with E-state index in [0.29, 0.717) is 51.5 Å². The molecule has 1 fully saturated rings. The number of hydrogen-bond donors (Lipinski definition) is 2. The van der Waals surface area contributed by atoms with Gasteiger partial charge in [-0.25, -0.2) is 36.8 Å². The molecule has 0 spiro atoms. The summed E-state index contributed by atoms with van der Waals surface area (Å²) in [6.45, 7) is 1.75. The maximum atomic E-state index is 15.3. The van der Waals surface area contributed by atoms with E-state index >= 15 is 4.39 Å². The first-order valence-electron chi connectivity index (χ1n) is 13.0. The maximum absolute atomic E-state index is 15.3. The Morgan fingerprint density at radius 3 is 2.55 bits per heavy atom. The van der Waals surface area contributed by atoms with Crippen molar-refractivity contribution in [2.24, 2.45) is 11.1 Å². The maximum Gasteiger partial charge on any atom is 0.355 e. The number of furan rings is 1. The number of thiazole rings is 1. The minimum absolute atomic E-state index is 0.0256. The molecule has 0 aliphatic heterocycles. The van der Waals surface area contributed by atoms with Gasteiger partial charge in [0.2, 0.25) is 15.2 Å². The van der Waals surface area contributed by atoms with E-state index in [-0.39, 0.29) is 28.1 Å². The standard InChI is InChI=1S/C29H24F2N4O5S2/c1-15-2-9-26(40-15)20-12-18(6-8-22(20)30)27-21(11-17-5-7-19(13-23(17)31)42(32,38)39)25(10-16-3-4-16)35(34-27)29-33-24(14-41-29)28(36)37/h2,5-9,12-14,16H,3-4,10-11H2,1H3,(H,36,37)(H2,32,38,39). The Hall–Kier alpha value is -4.20. The summed E-state index contributed by atoms with van der Waals surface area (Å²) in [5, 5.41) is 21.2. The predicted molar refractivity (Wildman–Crippen MR) is 151 cm³/mol. The first-order chi connectivity index (χ1) is 20.0. The van der Waals surface area contributed by atoms with Crippen LogP contribution in [0.25, 0.3) is 27.7 Å². The minimum atomic E-state index is -4.11. The van der Waals surface area contributed by atoms with Crippen LogP contribution in [0.4, 0.5) is 8.78 Å². The summed E-state index contributed by atoms with van der Waals surface area (Å²) in [7, 11) is -4.11. The molecule has 6 rings (SSSR count). The lowest BCUT2D eigenvalue weighted by molar-refractivity contribution is 0.0691. The second-order valence-electron chi connectivity index (χ2n) is 10.2. The van der Waals surface area contributed by atoms with Gasteiger partial charge < -0.3 is 9.52 Å². The summed E-state index contributed by atoms with van der Waals surface area (Å²) in [5.74, 6) is -1.13. The third-order valence-electron chi connectivity index (χ3n) is 7.13. The quantitative estimate of drug-likeness (QED) is 0.217. The van der Waals surface area contributed by atoms with Gasteiger partial charge in [0.15, 0.2) is 5.69 Å². The Morgan fingerprint density at radius 1 is 1.14 bits per heavy atom.